The van der Waals surface area contributed by atoms with Gasteiger partial charge >= 0.3 is 0 Å². The van der Waals surface area contributed by atoms with Crippen LogP contribution in [0.1, 0.15) is 16.0 Å². The fourth-order valence-electron chi connectivity index (χ4n) is 2.27. The van der Waals surface area contributed by atoms with Crippen molar-refractivity contribution in [3.63, 3.8) is 0 Å². The van der Waals surface area contributed by atoms with Crippen LogP contribution in [0.25, 0.3) is 0 Å². The molecule has 2 aromatic rings. The summed E-state index contributed by atoms with van der Waals surface area (Å²) in [5.74, 6) is 0.692. The van der Waals surface area contributed by atoms with Crippen molar-refractivity contribution in [1.82, 2.24) is 0 Å². The third kappa shape index (κ3) is 2.56. The Morgan fingerprint density at radius 1 is 1.21 bits per heavy atom. The number of halogens is 3. The highest BCUT2D eigenvalue weighted by molar-refractivity contribution is 9.10. The number of rotatable bonds is 2. The third-order valence-corrected chi connectivity index (χ3v) is 4.99. The summed E-state index contributed by atoms with van der Waals surface area (Å²) in [4.78, 5) is 0.0387. The predicted octanol–water partition coefficient (Wildman–Crippen LogP) is 5.03. The van der Waals surface area contributed by atoms with Crippen molar-refractivity contribution in [1.29, 1.82) is 0 Å². The molecule has 1 aliphatic heterocycles. The second-order valence-electron chi connectivity index (χ2n) is 4.54. The Morgan fingerprint density at radius 3 is 2.74 bits per heavy atom. The summed E-state index contributed by atoms with van der Waals surface area (Å²) in [5.41, 5.74) is 2.23. The maximum atomic E-state index is 13.3. The van der Waals surface area contributed by atoms with E-state index in [1.54, 1.807) is 12.1 Å². The minimum absolute atomic E-state index is 0.0368. The monoisotopic (exact) mass is 384 g/mol. The molecule has 0 radical (unpaired) electrons. The standard InChI is InChI=1S/C15H11Br2FO/c16-11-7-10(5-6-12(11)18)15(17)14-8-9-3-1-2-4-13(9)19-14/h1-7,14-15H,8H2. The van der Waals surface area contributed by atoms with E-state index in [9.17, 15) is 4.39 Å². The highest BCUT2D eigenvalue weighted by atomic mass is 79.9. The Labute approximate surface area is 128 Å². The minimum atomic E-state index is -0.251. The highest BCUT2D eigenvalue weighted by Crippen LogP contribution is 2.38. The number of fused-ring (bicyclic) bond motifs is 1. The average molecular weight is 386 g/mol. The summed E-state index contributed by atoms with van der Waals surface area (Å²) >= 11 is 6.88. The Hall–Kier alpha value is -0.870. The fraction of sp³-hybridized carbons (Fsp3) is 0.200. The van der Waals surface area contributed by atoms with Gasteiger partial charge in [-0.25, -0.2) is 4.39 Å². The summed E-state index contributed by atoms with van der Waals surface area (Å²) in [7, 11) is 0. The SMILES string of the molecule is Fc1ccc(C(Br)C2Cc3ccccc3O2)cc1Br. The van der Waals surface area contributed by atoms with Gasteiger partial charge in [0.15, 0.2) is 0 Å². The van der Waals surface area contributed by atoms with Crippen molar-refractivity contribution >= 4 is 31.9 Å². The van der Waals surface area contributed by atoms with Gasteiger partial charge in [0, 0.05) is 6.42 Å². The molecule has 98 valence electrons. The summed E-state index contributed by atoms with van der Waals surface area (Å²) in [6, 6.07) is 13.1. The third-order valence-electron chi connectivity index (χ3n) is 3.26. The van der Waals surface area contributed by atoms with Crippen molar-refractivity contribution in [2.75, 3.05) is 0 Å². The average Bonchev–Trinajstić information content (AvgIpc) is 2.85. The van der Waals surface area contributed by atoms with Gasteiger partial charge in [0.1, 0.15) is 17.7 Å². The van der Waals surface area contributed by atoms with Crippen LogP contribution in [0.4, 0.5) is 4.39 Å². The van der Waals surface area contributed by atoms with Gasteiger partial charge in [0.05, 0.1) is 9.30 Å². The zero-order valence-corrected chi connectivity index (χ0v) is 13.1. The van der Waals surface area contributed by atoms with Crippen molar-refractivity contribution < 1.29 is 9.13 Å². The zero-order chi connectivity index (χ0) is 13.4. The molecule has 1 nitrogen and oxygen atoms in total. The number of ether oxygens (including phenoxy) is 1. The van der Waals surface area contributed by atoms with E-state index in [1.165, 1.54) is 11.6 Å². The van der Waals surface area contributed by atoms with Gasteiger partial charge < -0.3 is 4.74 Å². The summed E-state index contributed by atoms with van der Waals surface area (Å²) in [5, 5.41) is 0. The van der Waals surface area contributed by atoms with Crippen molar-refractivity contribution in [3.8, 4) is 5.75 Å². The van der Waals surface area contributed by atoms with Gasteiger partial charge in [-0.05, 0) is 45.3 Å². The lowest BCUT2D eigenvalue weighted by Gasteiger charge is -2.18. The molecule has 0 fully saturated rings. The van der Waals surface area contributed by atoms with Crippen LogP contribution >= 0.6 is 31.9 Å². The molecule has 2 aromatic carbocycles. The smallest absolute Gasteiger partial charge is 0.137 e. The van der Waals surface area contributed by atoms with Crippen LogP contribution < -0.4 is 4.74 Å². The van der Waals surface area contributed by atoms with Gasteiger partial charge in [-0.15, -0.1) is 0 Å². The number of para-hydroxylation sites is 1. The molecule has 1 heterocycles. The van der Waals surface area contributed by atoms with E-state index in [1.807, 2.05) is 18.2 Å². The van der Waals surface area contributed by atoms with Crippen molar-refractivity contribution in [2.45, 2.75) is 17.4 Å². The predicted molar refractivity (Wildman–Crippen MR) is 80.3 cm³/mol. The van der Waals surface area contributed by atoms with Gasteiger partial charge in [-0.1, -0.05) is 40.2 Å². The number of hydrogen-bond acceptors (Lipinski definition) is 1. The molecule has 0 N–H and O–H groups in total. The second-order valence-corrected chi connectivity index (χ2v) is 6.38. The molecular formula is C15H11Br2FO. The Balaban J connectivity index is 1.82. The minimum Gasteiger partial charge on any atom is -0.488 e. The molecule has 2 atom stereocenters. The van der Waals surface area contributed by atoms with E-state index in [0.717, 1.165) is 17.7 Å². The van der Waals surface area contributed by atoms with E-state index < -0.39 is 0 Å². The van der Waals surface area contributed by atoms with Crippen LogP contribution in [0, 0.1) is 5.82 Å². The molecule has 0 amide bonds. The van der Waals surface area contributed by atoms with E-state index in [-0.39, 0.29) is 16.7 Å². The van der Waals surface area contributed by atoms with Crippen LogP contribution in [-0.2, 0) is 6.42 Å². The first-order chi connectivity index (χ1) is 9.15. The highest BCUT2D eigenvalue weighted by Gasteiger charge is 2.29. The van der Waals surface area contributed by atoms with Crippen LogP contribution in [-0.4, -0.2) is 6.10 Å². The lowest BCUT2D eigenvalue weighted by Crippen LogP contribution is -2.19. The lowest BCUT2D eigenvalue weighted by atomic mass is 10.0. The largest absolute Gasteiger partial charge is 0.488 e. The van der Waals surface area contributed by atoms with Gasteiger partial charge in [0.25, 0.3) is 0 Å². The molecule has 0 aliphatic carbocycles. The maximum Gasteiger partial charge on any atom is 0.137 e. The van der Waals surface area contributed by atoms with Crippen LogP contribution in [0.5, 0.6) is 5.75 Å². The molecule has 2 unspecified atom stereocenters. The molecule has 0 saturated carbocycles. The van der Waals surface area contributed by atoms with E-state index in [0.29, 0.717) is 4.47 Å². The van der Waals surface area contributed by atoms with Crippen molar-refractivity contribution in [3.05, 3.63) is 63.9 Å². The van der Waals surface area contributed by atoms with E-state index >= 15 is 0 Å². The molecule has 0 spiro atoms. The normalized spacial score (nSPS) is 18.8. The topological polar surface area (TPSA) is 9.23 Å². The maximum absolute atomic E-state index is 13.3. The Bertz CT molecular complexity index is 590. The van der Waals surface area contributed by atoms with E-state index in [4.69, 9.17) is 4.74 Å². The first-order valence-corrected chi connectivity index (χ1v) is 7.69. The number of hydrogen-bond donors (Lipinski definition) is 0. The number of alkyl halides is 1. The summed E-state index contributed by atoms with van der Waals surface area (Å²) in [6.07, 6.45) is 0.899. The van der Waals surface area contributed by atoms with Crippen LogP contribution in [0.3, 0.4) is 0 Å². The van der Waals surface area contributed by atoms with Gasteiger partial charge in [-0.3, -0.25) is 0 Å². The lowest BCUT2D eigenvalue weighted by molar-refractivity contribution is 0.232. The van der Waals surface area contributed by atoms with Gasteiger partial charge in [0.2, 0.25) is 0 Å². The molecule has 4 heteroatoms. The Morgan fingerprint density at radius 2 is 2.00 bits per heavy atom. The number of benzene rings is 2. The molecule has 3 rings (SSSR count). The van der Waals surface area contributed by atoms with Crippen LogP contribution in [0.15, 0.2) is 46.9 Å². The molecule has 0 aromatic heterocycles. The fourth-order valence-corrected chi connectivity index (χ4v) is 3.25. The molecule has 0 bridgehead atoms. The molecular weight excluding hydrogens is 375 g/mol. The first-order valence-electron chi connectivity index (χ1n) is 5.99. The molecule has 0 saturated heterocycles. The van der Waals surface area contributed by atoms with Crippen molar-refractivity contribution in [2.24, 2.45) is 0 Å². The quantitative estimate of drug-likeness (QED) is 0.659. The molecule has 19 heavy (non-hydrogen) atoms. The first kappa shape index (κ1) is 13.1. The Kier molecular flexibility index (Phi) is 3.63. The second kappa shape index (κ2) is 5.25. The zero-order valence-electron chi connectivity index (χ0n) is 9.95. The van der Waals surface area contributed by atoms with Crippen LogP contribution in [0.2, 0.25) is 0 Å². The molecule has 1 aliphatic rings. The summed E-state index contributed by atoms with van der Waals surface area (Å²) in [6.45, 7) is 0. The van der Waals surface area contributed by atoms with Gasteiger partial charge in [-0.2, -0.15) is 0 Å². The van der Waals surface area contributed by atoms with E-state index in [2.05, 4.69) is 37.9 Å². The summed E-state index contributed by atoms with van der Waals surface area (Å²) < 4.78 is 19.7.